The zero-order valence-electron chi connectivity index (χ0n) is 19.0. The molecule has 0 aromatic heterocycles. The van der Waals surface area contributed by atoms with Crippen LogP contribution in [0.4, 0.5) is 5.69 Å². The van der Waals surface area contributed by atoms with E-state index >= 15 is 0 Å². The summed E-state index contributed by atoms with van der Waals surface area (Å²) >= 11 is 16.6. The van der Waals surface area contributed by atoms with E-state index < -0.39 is 10.0 Å². The minimum atomic E-state index is -4.09. The van der Waals surface area contributed by atoms with E-state index in [1.54, 1.807) is 31.2 Å². The average Bonchev–Trinajstić information content (AvgIpc) is 2.87. The number of halogens is 2. The molecule has 1 heterocycles. The van der Waals surface area contributed by atoms with Crippen molar-refractivity contribution < 1.29 is 8.42 Å². The number of benzene rings is 4. The van der Waals surface area contributed by atoms with E-state index in [2.05, 4.69) is 28.1 Å². The Hall–Kier alpha value is -3.04. The van der Waals surface area contributed by atoms with E-state index in [1.807, 2.05) is 42.5 Å². The molecular weight excluding hydrogens is 535 g/mol. The van der Waals surface area contributed by atoms with Gasteiger partial charge in [0.25, 0.3) is 10.0 Å². The fraction of sp³-hybridized carbons (Fsp3) is 0.0769. The average molecular weight is 556 g/mol. The first kappa shape index (κ1) is 24.6. The second kappa shape index (κ2) is 9.78. The zero-order valence-corrected chi connectivity index (χ0v) is 22.2. The maximum Gasteiger partial charge on any atom is 0.268 e. The Kier molecular flexibility index (Phi) is 6.70. The molecule has 0 aliphatic carbocycles. The van der Waals surface area contributed by atoms with Gasteiger partial charge in [-0.05, 0) is 65.7 Å². The summed E-state index contributed by atoms with van der Waals surface area (Å²) in [6.45, 7) is 1.71. The topological polar surface area (TPSA) is 74.1 Å². The predicted octanol–water partition coefficient (Wildman–Crippen LogP) is 6.43. The predicted molar refractivity (Wildman–Crippen MR) is 150 cm³/mol. The molecule has 0 amide bonds. The third-order valence-electron chi connectivity index (χ3n) is 5.77. The molecule has 1 aliphatic rings. The Bertz CT molecular complexity index is 1650. The lowest BCUT2D eigenvalue weighted by molar-refractivity contribution is 0.529. The molecule has 0 saturated carbocycles. The standard InChI is InChI=1S/C26H20Cl2N4O2S2/c1-16-12-25(24(35)14-22(16)28)36(33,34)32-15-23(19-7-6-17-4-2-3-5-18(17)13-19)30-31-26(32)29-21-10-8-20(27)9-11-21/h2-14,35H,15H2,1H3,(H,29,31). The number of hydrazone groups is 1. The number of aryl methyl sites for hydroxylation is 1. The van der Waals surface area contributed by atoms with Gasteiger partial charge >= 0.3 is 0 Å². The molecule has 6 nitrogen and oxygen atoms in total. The number of thiol groups is 1. The third kappa shape index (κ3) is 4.82. The number of guanidine groups is 1. The van der Waals surface area contributed by atoms with Gasteiger partial charge in [0.1, 0.15) is 4.90 Å². The van der Waals surface area contributed by atoms with Crippen molar-refractivity contribution in [2.45, 2.75) is 16.7 Å². The van der Waals surface area contributed by atoms with Crippen LogP contribution in [0.2, 0.25) is 10.0 Å². The van der Waals surface area contributed by atoms with Crippen LogP contribution in [-0.2, 0) is 10.0 Å². The highest BCUT2D eigenvalue weighted by Crippen LogP contribution is 2.31. The van der Waals surface area contributed by atoms with Gasteiger partial charge in [0.15, 0.2) is 0 Å². The highest BCUT2D eigenvalue weighted by molar-refractivity contribution is 7.90. The smallest absolute Gasteiger partial charge is 0.246 e. The molecule has 4 aromatic carbocycles. The molecule has 36 heavy (non-hydrogen) atoms. The molecule has 0 spiro atoms. The molecule has 0 fully saturated rings. The summed E-state index contributed by atoms with van der Waals surface area (Å²) in [5, 5.41) is 7.57. The quantitative estimate of drug-likeness (QED) is 0.285. The summed E-state index contributed by atoms with van der Waals surface area (Å²) in [5.41, 5.74) is 5.34. The van der Waals surface area contributed by atoms with Gasteiger partial charge in [0.2, 0.25) is 5.96 Å². The van der Waals surface area contributed by atoms with Gasteiger partial charge < -0.3 is 0 Å². The normalized spacial score (nSPS) is 15.2. The summed E-state index contributed by atoms with van der Waals surface area (Å²) < 4.78 is 29.1. The molecule has 4 aromatic rings. The van der Waals surface area contributed by atoms with E-state index in [0.717, 1.165) is 16.3 Å². The summed E-state index contributed by atoms with van der Waals surface area (Å²) in [4.78, 5) is 4.78. The van der Waals surface area contributed by atoms with Gasteiger partial charge in [-0.2, -0.15) is 5.10 Å². The number of sulfonamides is 1. The minimum Gasteiger partial charge on any atom is -0.246 e. The van der Waals surface area contributed by atoms with E-state index in [4.69, 9.17) is 23.2 Å². The SMILES string of the molecule is Cc1cc(S(=O)(=O)N2CC(c3ccc4ccccc4c3)=NNC2=Nc2ccc(Cl)cc2)c(S)cc1Cl. The first-order valence-corrected chi connectivity index (χ1v) is 13.5. The van der Waals surface area contributed by atoms with Crippen LogP contribution in [0, 0.1) is 6.92 Å². The molecule has 10 heteroatoms. The Balaban J connectivity index is 1.62. The number of aliphatic imine (C=N–C) groups is 1. The van der Waals surface area contributed by atoms with Gasteiger partial charge in [0, 0.05) is 20.5 Å². The van der Waals surface area contributed by atoms with Crippen LogP contribution in [-0.4, -0.2) is 30.9 Å². The maximum absolute atomic E-state index is 14.0. The molecule has 0 bridgehead atoms. The van der Waals surface area contributed by atoms with Crippen LogP contribution < -0.4 is 5.43 Å². The van der Waals surface area contributed by atoms with Gasteiger partial charge in [0.05, 0.1) is 17.9 Å². The Morgan fingerprint density at radius 1 is 0.972 bits per heavy atom. The highest BCUT2D eigenvalue weighted by Gasteiger charge is 2.34. The molecule has 1 aliphatic heterocycles. The number of rotatable bonds is 4. The summed E-state index contributed by atoms with van der Waals surface area (Å²) in [6, 6.07) is 23.6. The van der Waals surface area contributed by atoms with Crippen molar-refractivity contribution in [3.05, 3.63) is 100 Å². The van der Waals surface area contributed by atoms with Crippen molar-refractivity contribution in [2.24, 2.45) is 10.1 Å². The van der Waals surface area contributed by atoms with Crippen molar-refractivity contribution >= 4 is 74.0 Å². The second-order valence-corrected chi connectivity index (χ2v) is 11.4. The van der Waals surface area contributed by atoms with Crippen molar-refractivity contribution in [3.63, 3.8) is 0 Å². The van der Waals surface area contributed by atoms with Crippen LogP contribution in [0.15, 0.2) is 98.7 Å². The number of nitrogens with zero attached hydrogens (tertiary/aromatic N) is 3. The molecule has 0 unspecified atom stereocenters. The third-order valence-corrected chi connectivity index (χ3v) is 8.73. The van der Waals surface area contributed by atoms with E-state index in [-0.39, 0.29) is 22.3 Å². The number of hydrogen-bond donors (Lipinski definition) is 2. The monoisotopic (exact) mass is 554 g/mol. The molecular formula is C26H20Cl2N4O2S2. The summed E-state index contributed by atoms with van der Waals surface area (Å²) in [5.74, 6) is 0.0576. The van der Waals surface area contributed by atoms with Gasteiger partial charge in [-0.1, -0.05) is 59.6 Å². The molecule has 0 radical (unpaired) electrons. The molecule has 0 atom stereocenters. The molecule has 5 rings (SSSR count). The van der Waals surface area contributed by atoms with Crippen molar-refractivity contribution in [3.8, 4) is 0 Å². The van der Waals surface area contributed by atoms with Crippen LogP contribution in [0.1, 0.15) is 11.1 Å². The van der Waals surface area contributed by atoms with Gasteiger partial charge in [-0.15, -0.1) is 12.6 Å². The van der Waals surface area contributed by atoms with Crippen LogP contribution >= 0.6 is 35.8 Å². The lowest BCUT2D eigenvalue weighted by Crippen LogP contribution is -2.50. The van der Waals surface area contributed by atoms with Crippen LogP contribution in [0.3, 0.4) is 0 Å². The van der Waals surface area contributed by atoms with Crippen molar-refractivity contribution in [1.29, 1.82) is 0 Å². The Labute approximate surface area is 224 Å². The number of nitrogens with one attached hydrogen (secondary N) is 1. The zero-order chi connectivity index (χ0) is 25.4. The Morgan fingerprint density at radius 3 is 2.44 bits per heavy atom. The Morgan fingerprint density at radius 2 is 1.69 bits per heavy atom. The van der Waals surface area contributed by atoms with Gasteiger partial charge in [-0.3, -0.25) is 0 Å². The summed E-state index contributed by atoms with van der Waals surface area (Å²) in [7, 11) is -4.09. The van der Waals surface area contributed by atoms with E-state index in [9.17, 15) is 8.42 Å². The maximum atomic E-state index is 14.0. The molecule has 1 N–H and O–H groups in total. The van der Waals surface area contributed by atoms with E-state index in [1.165, 1.54) is 16.4 Å². The van der Waals surface area contributed by atoms with E-state index in [0.29, 0.717) is 27.0 Å². The number of fused-ring (bicyclic) bond motifs is 1. The largest absolute Gasteiger partial charge is 0.268 e. The van der Waals surface area contributed by atoms with Crippen LogP contribution in [0.25, 0.3) is 10.8 Å². The molecule has 182 valence electrons. The first-order chi connectivity index (χ1) is 17.2. The first-order valence-electron chi connectivity index (χ1n) is 10.9. The number of hydrogen-bond acceptors (Lipinski definition) is 5. The lowest BCUT2D eigenvalue weighted by Gasteiger charge is -2.30. The fourth-order valence-corrected chi connectivity index (χ4v) is 6.22. The lowest BCUT2D eigenvalue weighted by atomic mass is 10.0. The van der Waals surface area contributed by atoms with Crippen LogP contribution in [0.5, 0.6) is 0 Å². The fourth-order valence-electron chi connectivity index (χ4n) is 3.83. The molecule has 0 saturated heterocycles. The highest BCUT2D eigenvalue weighted by atomic mass is 35.5. The van der Waals surface area contributed by atoms with Crippen molar-refractivity contribution in [2.75, 3.05) is 6.54 Å². The second-order valence-electron chi connectivity index (χ2n) is 8.22. The minimum absolute atomic E-state index is 0.0260. The summed E-state index contributed by atoms with van der Waals surface area (Å²) in [6.07, 6.45) is 0. The van der Waals surface area contributed by atoms with Crippen molar-refractivity contribution in [1.82, 2.24) is 9.73 Å². The van der Waals surface area contributed by atoms with Gasteiger partial charge in [-0.25, -0.2) is 23.1 Å².